The van der Waals surface area contributed by atoms with E-state index >= 15 is 0 Å². The number of hydrogen-bond donors (Lipinski definition) is 1. The molecule has 2 rings (SSSR count). The fraction of sp³-hybridized carbons (Fsp3) is 0.846. The van der Waals surface area contributed by atoms with Gasteiger partial charge in [0.1, 0.15) is 5.75 Å². The molecule has 1 unspecified atom stereocenters. The molecule has 2 fully saturated rings. The van der Waals surface area contributed by atoms with E-state index in [0.717, 1.165) is 0 Å². The topological polar surface area (TPSA) is 91.8 Å². The molecule has 1 saturated heterocycles. The van der Waals surface area contributed by atoms with Gasteiger partial charge in [0.15, 0.2) is 9.84 Å². The van der Waals surface area contributed by atoms with Crippen LogP contribution in [-0.2, 0) is 19.4 Å². The number of nitrogens with zero attached hydrogens (tertiary/aromatic N) is 1. The fourth-order valence-corrected chi connectivity index (χ4v) is 3.74. The Labute approximate surface area is 119 Å². The summed E-state index contributed by atoms with van der Waals surface area (Å²) in [6, 6.07) is 0. The van der Waals surface area contributed by atoms with Crippen LogP contribution in [0.25, 0.3) is 0 Å². The summed E-state index contributed by atoms with van der Waals surface area (Å²) in [5.74, 6) is -1.84. The summed E-state index contributed by atoms with van der Waals surface area (Å²) < 4.78 is 23.5. The Morgan fingerprint density at radius 1 is 1.30 bits per heavy atom. The van der Waals surface area contributed by atoms with Crippen LogP contribution >= 0.6 is 0 Å². The smallest absolute Gasteiger partial charge is 0.307 e. The van der Waals surface area contributed by atoms with E-state index in [0.29, 0.717) is 32.4 Å². The molecule has 20 heavy (non-hydrogen) atoms. The SMILES string of the molecule is CC(C)S(=O)(=O)CC(=O)N1CCC2(CC1)CC2C(=O)O. The van der Waals surface area contributed by atoms with Crippen molar-refractivity contribution < 1.29 is 23.1 Å². The van der Waals surface area contributed by atoms with Crippen LogP contribution in [0.4, 0.5) is 0 Å². The molecule has 1 heterocycles. The molecule has 2 aliphatic rings. The molecule has 1 amide bonds. The van der Waals surface area contributed by atoms with Crippen LogP contribution in [0.3, 0.4) is 0 Å². The Kier molecular flexibility index (Phi) is 3.83. The van der Waals surface area contributed by atoms with Crippen molar-refractivity contribution >= 4 is 21.7 Å². The summed E-state index contributed by atoms with van der Waals surface area (Å²) in [5.41, 5.74) is -0.139. The Bertz CT molecular complexity index is 517. The number of likely N-dealkylation sites (tertiary alicyclic amines) is 1. The van der Waals surface area contributed by atoms with Crippen molar-refractivity contribution in [3.8, 4) is 0 Å². The minimum absolute atomic E-state index is 0.139. The van der Waals surface area contributed by atoms with Crippen LogP contribution in [0.5, 0.6) is 0 Å². The van der Waals surface area contributed by atoms with Gasteiger partial charge in [0.05, 0.1) is 11.2 Å². The second-order valence-electron chi connectivity index (χ2n) is 6.19. The number of piperidine rings is 1. The van der Waals surface area contributed by atoms with Crippen LogP contribution in [-0.4, -0.2) is 54.4 Å². The van der Waals surface area contributed by atoms with Gasteiger partial charge in [0, 0.05) is 13.1 Å². The van der Waals surface area contributed by atoms with Gasteiger partial charge in [0.2, 0.25) is 5.91 Å². The van der Waals surface area contributed by atoms with Crippen LogP contribution in [0.2, 0.25) is 0 Å². The zero-order valence-corrected chi connectivity index (χ0v) is 12.6. The molecular formula is C13H21NO5S. The molecule has 0 aromatic rings. The quantitative estimate of drug-likeness (QED) is 0.817. The highest BCUT2D eigenvalue weighted by Crippen LogP contribution is 2.59. The van der Waals surface area contributed by atoms with E-state index in [4.69, 9.17) is 5.11 Å². The lowest BCUT2D eigenvalue weighted by Gasteiger charge is -2.32. The summed E-state index contributed by atoms with van der Waals surface area (Å²) in [6.07, 6.45) is 2.02. The third kappa shape index (κ3) is 2.82. The highest BCUT2D eigenvalue weighted by Gasteiger charge is 2.59. The van der Waals surface area contributed by atoms with Gasteiger partial charge in [-0.3, -0.25) is 9.59 Å². The summed E-state index contributed by atoms with van der Waals surface area (Å²) in [6.45, 7) is 4.07. The lowest BCUT2D eigenvalue weighted by Crippen LogP contribution is -2.43. The molecule has 1 aliphatic heterocycles. The molecule has 0 aromatic heterocycles. The standard InChI is InChI=1S/C13H21NO5S/c1-9(2)20(18,19)8-11(15)14-5-3-13(4-6-14)7-10(13)12(16)17/h9-10H,3-8H2,1-2H3,(H,16,17). The van der Waals surface area contributed by atoms with Crippen LogP contribution < -0.4 is 0 Å². The molecule has 6 nitrogen and oxygen atoms in total. The highest BCUT2D eigenvalue weighted by molar-refractivity contribution is 7.92. The minimum atomic E-state index is -3.37. The van der Waals surface area contributed by atoms with E-state index in [2.05, 4.69) is 0 Å². The third-order valence-corrected chi connectivity index (χ3v) is 6.73. The largest absolute Gasteiger partial charge is 0.481 e. The van der Waals surface area contributed by atoms with Gasteiger partial charge in [-0.15, -0.1) is 0 Å². The molecule has 114 valence electrons. The monoisotopic (exact) mass is 303 g/mol. The predicted octanol–water partition coefficient (Wildman–Crippen LogP) is 0.523. The molecule has 1 aliphatic carbocycles. The van der Waals surface area contributed by atoms with Gasteiger partial charge in [-0.1, -0.05) is 0 Å². The lowest BCUT2D eigenvalue weighted by molar-refractivity contribution is -0.139. The van der Waals surface area contributed by atoms with Gasteiger partial charge in [-0.25, -0.2) is 8.42 Å². The first-order valence-corrected chi connectivity index (χ1v) is 8.62. The van der Waals surface area contributed by atoms with Gasteiger partial charge in [-0.2, -0.15) is 0 Å². The Hall–Kier alpha value is -1.11. The summed E-state index contributed by atoms with van der Waals surface area (Å²) >= 11 is 0. The van der Waals surface area contributed by atoms with Crippen LogP contribution in [0.15, 0.2) is 0 Å². The summed E-state index contributed by atoms with van der Waals surface area (Å²) in [7, 11) is -3.37. The molecule has 1 spiro atoms. The van der Waals surface area contributed by atoms with Crippen molar-refractivity contribution in [2.24, 2.45) is 11.3 Å². The minimum Gasteiger partial charge on any atom is -0.481 e. The Morgan fingerprint density at radius 3 is 2.25 bits per heavy atom. The highest BCUT2D eigenvalue weighted by atomic mass is 32.2. The fourth-order valence-electron chi connectivity index (χ4n) is 2.88. The van der Waals surface area contributed by atoms with Crippen molar-refractivity contribution in [3.63, 3.8) is 0 Å². The molecule has 1 N–H and O–H groups in total. The van der Waals surface area contributed by atoms with Crippen molar-refractivity contribution in [1.82, 2.24) is 4.90 Å². The number of sulfone groups is 1. The van der Waals surface area contributed by atoms with E-state index in [-0.39, 0.29) is 17.2 Å². The third-order valence-electron chi connectivity index (χ3n) is 4.64. The van der Waals surface area contributed by atoms with Gasteiger partial charge in [0.25, 0.3) is 0 Å². The van der Waals surface area contributed by atoms with Crippen LogP contribution in [0.1, 0.15) is 33.1 Å². The Balaban J connectivity index is 1.89. The maximum atomic E-state index is 12.0. The van der Waals surface area contributed by atoms with Crippen molar-refractivity contribution in [1.29, 1.82) is 0 Å². The lowest BCUT2D eigenvalue weighted by atomic mass is 9.91. The molecule has 0 aromatic carbocycles. The molecular weight excluding hydrogens is 282 g/mol. The Morgan fingerprint density at radius 2 is 1.85 bits per heavy atom. The van der Waals surface area contributed by atoms with E-state index in [1.165, 1.54) is 0 Å². The average Bonchev–Trinajstić information content (AvgIpc) is 3.03. The van der Waals surface area contributed by atoms with Gasteiger partial charge in [-0.05, 0) is 38.5 Å². The first kappa shape index (κ1) is 15.3. The maximum absolute atomic E-state index is 12.0. The van der Waals surface area contributed by atoms with Gasteiger partial charge < -0.3 is 10.0 Å². The zero-order chi connectivity index (χ0) is 15.1. The molecule has 0 bridgehead atoms. The number of carbonyl (C=O) groups excluding carboxylic acids is 1. The number of aliphatic carboxylic acids is 1. The predicted molar refractivity (Wildman–Crippen MR) is 72.9 cm³/mol. The normalized spacial score (nSPS) is 24.9. The van der Waals surface area contributed by atoms with Crippen LogP contribution in [0, 0.1) is 11.3 Å². The van der Waals surface area contributed by atoms with Crippen molar-refractivity contribution in [2.75, 3.05) is 18.8 Å². The average molecular weight is 303 g/mol. The number of carboxylic acid groups (broad SMARTS) is 1. The van der Waals surface area contributed by atoms with Gasteiger partial charge >= 0.3 is 5.97 Å². The molecule has 1 atom stereocenters. The molecule has 1 saturated carbocycles. The van der Waals surface area contributed by atoms with Crippen molar-refractivity contribution in [3.05, 3.63) is 0 Å². The number of rotatable bonds is 4. The second kappa shape index (κ2) is 5.02. The molecule has 7 heteroatoms. The number of carboxylic acids is 1. The second-order valence-corrected chi connectivity index (χ2v) is 8.75. The first-order valence-electron chi connectivity index (χ1n) is 6.90. The van der Waals surface area contributed by atoms with E-state index < -0.39 is 26.8 Å². The van der Waals surface area contributed by atoms with E-state index in [1.54, 1.807) is 18.7 Å². The first-order chi connectivity index (χ1) is 9.18. The number of amides is 1. The van der Waals surface area contributed by atoms with E-state index in [9.17, 15) is 18.0 Å². The summed E-state index contributed by atoms with van der Waals surface area (Å²) in [4.78, 5) is 24.5. The maximum Gasteiger partial charge on any atom is 0.307 e. The van der Waals surface area contributed by atoms with Crippen molar-refractivity contribution in [2.45, 2.75) is 38.4 Å². The molecule has 0 radical (unpaired) electrons. The zero-order valence-electron chi connectivity index (χ0n) is 11.8. The summed E-state index contributed by atoms with van der Waals surface area (Å²) in [5, 5.41) is 8.45. The number of carbonyl (C=O) groups is 2. The van der Waals surface area contributed by atoms with E-state index in [1.807, 2.05) is 0 Å². The number of hydrogen-bond acceptors (Lipinski definition) is 4.